The van der Waals surface area contributed by atoms with E-state index in [2.05, 4.69) is 25.6 Å². The number of carbonyl (C=O) groups excluding carboxylic acids is 1. The van der Waals surface area contributed by atoms with E-state index >= 15 is 0 Å². The second-order valence-corrected chi connectivity index (χ2v) is 6.80. The molecule has 1 amide bonds. The lowest BCUT2D eigenvalue weighted by Gasteiger charge is -2.08. The molecule has 8 nitrogen and oxygen atoms in total. The van der Waals surface area contributed by atoms with E-state index < -0.39 is 0 Å². The highest BCUT2D eigenvalue weighted by Gasteiger charge is 2.19. The lowest BCUT2D eigenvalue weighted by molar-refractivity contribution is 0.102. The van der Waals surface area contributed by atoms with Gasteiger partial charge in [-0.25, -0.2) is 4.68 Å². The Morgan fingerprint density at radius 3 is 2.53 bits per heavy atom. The minimum Gasteiger partial charge on any atom is -0.497 e. The SMILES string of the molecule is CCc1c(C(=O)Nc2n[nH]c(-c3ccc(OC)cc3)n2)cnn1-c1ccc(C)cc1. The summed E-state index contributed by atoms with van der Waals surface area (Å²) >= 11 is 0. The fraction of sp³-hybridized carbons (Fsp3) is 0.182. The number of nitrogens with zero attached hydrogens (tertiary/aromatic N) is 4. The molecule has 0 radical (unpaired) electrons. The van der Waals surface area contributed by atoms with Gasteiger partial charge in [-0.3, -0.25) is 15.2 Å². The Morgan fingerprint density at radius 2 is 1.87 bits per heavy atom. The zero-order chi connectivity index (χ0) is 21.1. The summed E-state index contributed by atoms with van der Waals surface area (Å²) in [5.41, 5.74) is 4.23. The Bertz CT molecular complexity index is 1160. The van der Waals surface area contributed by atoms with Gasteiger partial charge in [0.15, 0.2) is 5.82 Å². The summed E-state index contributed by atoms with van der Waals surface area (Å²) in [4.78, 5) is 17.2. The number of rotatable bonds is 6. The summed E-state index contributed by atoms with van der Waals surface area (Å²) in [5.74, 6) is 1.21. The van der Waals surface area contributed by atoms with Gasteiger partial charge in [-0.05, 0) is 49.7 Å². The summed E-state index contributed by atoms with van der Waals surface area (Å²) in [6.07, 6.45) is 2.23. The second kappa shape index (κ2) is 8.20. The normalized spacial score (nSPS) is 10.8. The van der Waals surface area contributed by atoms with Crippen molar-refractivity contribution in [2.24, 2.45) is 0 Å². The number of anilines is 1. The molecule has 30 heavy (non-hydrogen) atoms. The predicted molar refractivity (Wildman–Crippen MR) is 114 cm³/mol. The zero-order valence-corrected chi connectivity index (χ0v) is 17.0. The fourth-order valence-electron chi connectivity index (χ4n) is 3.18. The maximum absolute atomic E-state index is 12.8. The van der Waals surface area contributed by atoms with Crippen LogP contribution in [0.3, 0.4) is 0 Å². The first-order chi connectivity index (χ1) is 14.6. The van der Waals surface area contributed by atoms with Crippen molar-refractivity contribution in [1.82, 2.24) is 25.0 Å². The first-order valence-electron chi connectivity index (χ1n) is 9.61. The Morgan fingerprint density at radius 1 is 1.13 bits per heavy atom. The minimum atomic E-state index is -0.300. The highest BCUT2D eigenvalue weighted by atomic mass is 16.5. The van der Waals surface area contributed by atoms with Gasteiger partial charge in [-0.2, -0.15) is 10.1 Å². The van der Waals surface area contributed by atoms with Crippen molar-refractivity contribution in [3.8, 4) is 22.8 Å². The molecule has 2 aromatic carbocycles. The van der Waals surface area contributed by atoms with Crippen LogP contribution in [0.5, 0.6) is 5.75 Å². The van der Waals surface area contributed by atoms with Crippen LogP contribution in [-0.2, 0) is 6.42 Å². The fourth-order valence-corrected chi connectivity index (χ4v) is 3.18. The highest BCUT2D eigenvalue weighted by molar-refractivity contribution is 6.04. The summed E-state index contributed by atoms with van der Waals surface area (Å²) in [7, 11) is 1.61. The molecule has 0 aliphatic carbocycles. The number of methoxy groups -OCH3 is 1. The van der Waals surface area contributed by atoms with Crippen LogP contribution in [0, 0.1) is 6.92 Å². The van der Waals surface area contributed by atoms with Crippen molar-refractivity contribution >= 4 is 11.9 Å². The summed E-state index contributed by atoms with van der Waals surface area (Å²) in [5, 5.41) is 14.1. The molecule has 0 bridgehead atoms. The molecule has 0 unspecified atom stereocenters. The molecule has 2 aromatic heterocycles. The number of aryl methyl sites for hydroxylation is 1. The van der Waals surface area contributed by atoms with Crippen molar-refractivity contribution in [3.63, 3.8) is 0 Å². The average Bonchev–Trinajstić information content (AvgIpc) is 3.41. The molecule has 2 N–H and O–H groups in total. The molecule has 8 heteroatoms. The van der Waals surface area contributed by atoms with Gasteiger partial charge in [-0.1, -0.05) is 24.6 Å². The van der Waals surface area contributed by atoms with Crippen LogP contribution in [0.4, 0.5) is 5.95 Å². The van der Waals surface area contributed by atoms with E-state index in [1.807, 2.05) is 62.4 Å². The van der Waals surface area contributed by atoms with Gasteiger partial charge in [-0.15, -0.1) is 5.10 Å². The van der Waals surface area contributed by atoms with Crippen molar-refractivity contribution in [3.05, 3.63) is 71.5 Å². The number of carbonyl (C=O) groups is 1. The Kier molecular flexibility index (Phi) is 5.30. The summed E-state index contributed by atoms with van der Waals surface area (Å²) in [6.45, 7) is 4.02. The van der Waals surface area contributed by atoms with E-state index in [9.17, 15) is 4.79 Å². The smallest absolute Gasteiger partial charge is 0.261 e. The first kappa shape index (κ1) is 19.4. The third-order valence-electron chi connectivity index (χ3n) is 4.80. The van der Waals surface area contributed by atoms with E-state index in [4.69, 9.17) is 4.74 Å². The van der Waals surface area contributed by atoms with E-state index in [-0.39, 0.29) is 11.9 Å². The predicted octanol–water partition coefficient (Wildman–Crippen LogP) is 3.79. The number of hydrogen-bond acceptors (Lipinski definition) is 5. The maximum Gasteiger partial charge on any atom is 0.261 e. The molecule has 4 aromatic rings. The number of H-pyrrole nitrogens is 1. The van der Waals surface area contributed by atoms with Gasteiger partial charge < -0.3 is 4.74 Å². The quantitative estimate of drug-likeness (QED) is 0.511. The molecule has 152 valence electrons. The molecule has 0 spiro atoms. The van der Waals surface area contributed by atoms with Crippen molar-refractivity contribution in [1.29, 1.82) is 0 Å². The Labute approximate surface area is 173 Å². The topological polar surface area (TPSA) is 97.7 Å². The van der Waals surface area contributed by atoms with Gasteiger partial charge in [0.05, 0.1) is 30.3 Å². The van der Waals surface area contributed by atoms with Crippen LogP contribution in [-0.4, -0.2) is 38.0 Å². The first-order valence-corrected chi connectivity index (χ1v) is 9.61. The third kappa shape index (κ3) is 3.80. The lowest BCUT2D eigenvalue weighted by Crippen LogP contribution is -2.15. The number of amides is 1. The number of nitrogens with one attached hydrogen (secondary N) is 2. The molecular formula is C22H22N6O2. The van der Waals surface area contributed by atoms with Crippen molar-refractivity contribution in [2.45, 2.75) is 20.3 Å². The van der Waals surface area contributed by atoms with Gasteiger partial charge in [0.25, 0.3) is 5.91 Å². The number of benzene rings is 2. The summed E-state index contributed by atoms with van der Waals surface area (Å²) < 4.78 is 6.95. The summed E-state index contributed by atoms with van der Waals surface area (Å²) in [6, 6.07) is 15.4. The third-order valence-corrected chi connectivity index (χ3v) is 4.80. The van der Waals surface area contributed by atoms with E-state index in [0.717, 1.165) is 22.7 Å². The van der Waals surface area contributed by atoms with E-state index in [1.165, 1.54) is 5.56 Å². The standard InChI is InChI=1S/C22H22N6O2/c1-4-19-18(13-23-28(19)16-9-5-14(2)6-10-16)21(29)25-22-24-20(26-27-22)15-7-11-17(30-3)12-8-15/h5-13H,4H2,1-3H3,(H2,24,25,26,27,29). The lowest BCUT2D eigenvalue weighted by atomic mass is 10.1. The number of aromatic nitrogens is 5. The van der Waals surface area contributed by atoms with E-state index in [0.29, 0.717) is 17.8 Å². The van der Waals surface area contributed by atoms with Gasteiger partial charge in [0.1, 0.15) is 5.75 Å². The monoisotopic (exact) mass is 402 g/mol. The molecule has 0 atom stereocenters. The molecule has 0 fully saturated rings. The van der Waals surface area contributed by atoms with Crippen molar-refractivity contribution in [2.75, 3.05) is 12.4 Å². The minimum absolute atomic E-state index is 0.205. The maximum atomic E-state index is 12.8. The van der Waals surface area contributed by atoms with Gasteiger partial charge in [0.2, 0.25) is 5.95 Å². The van der Waals surface area contributed by atoms with Crippen LogP contribution < -0.4 is 10.1 Å². The molecule has 0 aliphatic heterocycles. The van der Waals surface area contributed by atoms with Crippen LogP contribution in [0.2, 0.25) is 0 Å². The highest BCUT2D eigenvalue weighted by Crippen LogP contribution is 2.21. The molecule has 2 heterocycles. The van der Waals surface area contributed by atoms with Crippen molar-refractivity contribution < 1.29 is 9.53 Å². The van der Waals surface area contributed by atoms with Gasteiger partial charge >= 0.3 is 0 Å². The van der Waals surface area contributed by atoms with Crippen LogP contribution in [0.1, 0.15) is 28.5 Å². The number of aromatic amines is 1. The van der Waals surface area contributed by atoms with Crippen LogP contribution in [0.25, 0.3) is 17.1 Å². The number of hydrogen-bond donors (Lipinski definition) is 2. The van der Waals surface area contributed by atoms with Crippen LogP contribution in [0.15, 0.2) is 54.7 Å². The molecule has 0 aliphatic rings. The molecule has 4 rings (SSSR count). The second-order valence-electron chi connectivity index (χ2n) is 6.80. The Balaban J connectivity index is 1.54. The van der Waals surface area contributed by atoms with Crippen LogP contribution >= 0.6 is 0 Å². The zero-order valence-electron chi connectivity index (χ0n) is 17.0. The van der Waals surface area contributed by atoms with Gasteiger partial charge in [0, 0.05) is 5.56 Å². The number of ether oxygens (including phenoxy) is 1. The average molecular weight is 402 g/mol. The Hall–Kier alpha value is -3.94. The van der Waals surface area contributed by atoms with E-state index in [1.54, 1.807) is 18.0 Å². The largest absolute Gasteiger partial charge is 0.497 e. The molecular weight excluding hydrogens is 380 g/mol. The molecule has 0 saturated carbocycles. The molecule has 0 saturated heterocycles.